The quantitative estimate of drug-likeness (QED) is 0.294. The van der Waals surface area contributed by atoms with Gasteiger partial charge in [-0.1, -0.05) is 18.2 Å². The summed E-state index contributed by atoms with van der Waals surface area (Å²) < 4.78 is 0. The maximum absolute atomic E-state index is 4.91. The molecule has 134 valence electrons. The van der Waals surface area contributed by atoms with Crippen molar-refractivity contribution < 1.29 is 0 Å². The summed E-state index contributed by atoms with van der Waals surface area (Å²) in [6.07, 6.45) is 9.34. The molecule has 1 aliphatic carbocycles. The Kier molecular flexibility index (Phi) is 8.55. The fraction of sp³-hybridized carbons (Fsp3) is 0.611. The second kappa shape index (κ2) is 10.4. The van der Waals surface area contributed by atoms with E-state index in [0.29, 0.717) is 12.1 Å². The number of hydrogen-bond acceptors (Lipinski definition) is 3. The molecule has 1 unspecified atom stereocenters. The summed E-state index contributed by atoms with van der Waals surface area (Å²) in [4.78, 5) is 8.94. The van der Waals surface area contributed by atoms with Gasteiger partial charge in [-0.25, -0.2) is 0 Å². The van der Waals surface area contributed by atoms with Crippen molar-refractivity contribution in [2.24, 2.45) is 4.99 Å². The van der Waals surface area contributed by atoms with Crippen LogP contribution in [0, 0.1) is 0 Å². The summed E-state index contributed by atoms with van der Waals surface area (Å²) >= 11 is 1.85. The summed E-state index contributed by atoms with van der Waals surface area (Å²) in [7, 11) is 0. The van der Waals surface area contributed by atoms with Crippen LogP contribution in [0.25, 0.3) is 0 Å². The minimum atomic E-state index is 0. The van der Waals surface area contributed by atoms with Gasteiger partial charge in [-0.2, -0.15) is 0 Å². The zero-order valence-electron chi connectivity index (χ0n) is 14.4. The molecule has 6 heteroatoms. The lowest BCUT2D eigenvalue weighted by Gasteiger charge is -2.26. The highest BCUT2D eigenvalue weighted by atomic mass is 127. The summed E-state index contributed by atoms with van der Waals surface area (Å²) in [5.74, 6) is 0.960. The molecular weight excluding hydrogens is 431 g/mol. The average molecular weight is 460 g/mol. The summed E-state index contributed by atoms with van der Waals surface area (Å²) in [5.41, 5.74) is 0. The van der Waals surface area contributed by atoms with E-state index >= 15 is 0 Å². The molecule has 1 aliphatic heterocycles. The van der Waals surface area contributed by atoms with Crippen LogP contribution in [0.3, 0.4) is 0 Å². The number of guanidine groups is 1. The lowest BCUT2D eigenvalue weighted by Crippen LogP contribution is -2.43. The van der Waals surface area contributed by atoms with Crippen LogP contribution in [-0.2, 0) is 0 Å². The Bertz CT molecular complexity index is 515. The fourth-order valence-corrected chi connectivity index (χ4v) is 4.20. The zero-order valence-corrected chi connectivity index (χ0v) is 17.6. The second-order valence-electron chi connectivity index (χ2n) is 6.28. The molecule has 1 aromatic rings. The van der Waals surface area contributed by atoms with Gasteiger partial charge in [-0.05, 0) is 57.1 Å². The van der Waals surface area contributed by atoms with E-state index in [9.17, 15) is 0 Å². The number of nitrogens with one attached hydrogen (secondary N) is 2. The van der Waals surface area contributed by atoms with Crippen molar-refractivity contribution in [2.45, 2.75) is 44.7 Å². The number of rotatable bonds is 6. The molecule has 3 rings (SSSR count). The first-order chi connectivity index (χ1) is 11.4. The Morgan fingerprint density at radius 1 is 1.33 bits per heavy atom. The molecule has 0 saturated carbocycles. The van der Waals surface area contributed by atoms with E-state index in [1.165, 1.54) is 30.8 Å². The van der Waals surface area contributed by atoms with Gasteiger partial charge in [-0.3, -0.25) is 9.89 Å². The SMILES string of the molecule is CCNC(=NCC(c1cccs1)N1CCCC1)NC1CC=CC1.I. The molecule has 24 heavy (non-hydrogen) atoms. The van der Waals surface area contributed by atoms with E-state index in [4.69, 9.17) is 4.99 Å². The van der Waals surface area contributed by atoms with Crippen LogP contribution in [0.15, 0.2) is 34.7 Å². The van der Waals surface area contributed by atoms with Crippen LogP contribution >= 0.6 is 35.3 Å². The Hall–Kier alpha value is -0.600. The summed E-state index contributed by atoms with van der Waals surface area (Å²) in [5, 5.41) is 9.14. The van der Waals surface area contributed by atoms with Crippen molar-refractivity contribution in [3.63, 3.8) is 0 Å². The molecule has 0 radical (unpaired) electrons. The summed E-state index contributed by atoms with van der Waals surface area (Å²) in [6, 6.07) is 5.33. The predicted molar refractivity (Wildman–Crippen MR) is 115 cm³/mol. The van der Waals surface area contributed by atoms with Crippen LogP contribution in [-0.4, -0.2) is 43.1 Å². The van der Waals surface area contributed by atoms with Crippen molar-refractivity contribution in [2.75, 3.05) is 26.2 Å². The topological polar surface area (TPSA) is 39.7 Å². The van der Waals surface area contributed by atoms with Crippen LogP contribution in [0.5, 0.6) is 0 Å². The highest BCUT2D eigenvalue weighted by Gasteiger charge is 2.24. The van der Waals surface area contributed by atoms with E-state index in [2.05, 4.69) is 52.1 Å². The molecule has 1 fully saturated rings. The van der Waals surface area contributed by atoms with Crippen LogP contribution < -0.4 is 10.6 Å². The third kappa shape index (κ3) is 5.46. The molecule has 2 heterocycles. The van der Waals surface area contributed by atoms with E-state index in [-0.39, 0.29) is 24.0 Å². The van der Waals surface area contributed by atoms with Crippen molar-refractivity contribution in [1.29, 1.82) is 0 Å². The average Bonchev–Trinajstić information content (AvgIpc) is 3.32. The number of hydrogen-bond donors (Lipinski definition) is 2. The summed E-state index contributed by atoms with van der Waals surface area (Å²) in [6.45, 7) is 6.26. The van der Waals surface area contributed by atoms with Gasteiger partial charge in [0.2, 0.25) is 0 Å². The molecule has 0 aromatic carbocycles. The van der Waals surface area contributed by atoms with Crippen molar-refractivity contribution in [1.82, 2.24) is 15.5 Å². The van der Waals surface area contributed by atoms with E-state index in [1.54, 1.807) is 0 Å². The molecule has 0 spiro atoms. The van der Waals surface area contributed by atoms with Crippen molar-refractivity contribution in [3.05, 3.63) is 34.5 Å². The maximum Gasteiger partial charge on any atom is 0.191 e. The van der Waals surface area contributed by atoms with Gasteiger partial charge >= 0.3 is 0 Å². The zero-order chi connectivity index (χ0) is 15.9. The van der Waals surface area contributed by atoms with Gasteiger partial charge in [0.15, 0.2) is 5.96 Å². The minimum Gasteiger partial charge on any atom is -0.357 e. The number of halogens is 1. The van der Waals surface area contributed by atoms with Gasteiger partial charge in [0.25, 0.3) is 0 Å². The number of likely N-dealkylation sites (tertiary alicyclic amines) is 1. The number of thiophene rings is 1. The smallest absolute Gasteiger partial charge is 0.191 e. The molecule has 4 nitrogen and oxygen atoms in total. The van der Waals surface area contributed by atoms with Crippen molar-refractivity contribution in [3.8, 4) is 0 Å². The Balaban J connectivity index is 0.00000208. The second-order valence-corrected chi connectivity index (χ2v) is 7.26. The van der Waals surface area contributed by atoms with E-state index in [1.807, 2.05) is 11.3 Å². The first kappa shape index (κ1) is 19.7. The predicted octanol–water partition coefficient (Wildman–Crippen LogP) is 3.78. The molecule has 1 saturated heterocycles. The van der Waals surface area contributed by atoms with Crippen LogP contribution in [0.1, 0.15) is 43.5 Å². The monoisotopic (exact) mass is 460 g/mol. The molecule has 2 aliphatic rings. The normalized spacial score (nSPS) is 20.1. The largest absolute Gasteiger partial charge is 0.357 e. The first-order valence-electron chi connectivity index (χ1n) is 8.84. The van der Waals surface area contributed by atoms with Crippen molar-refractivity contribution >= 4 is 41.3 Å². The Labute approximate surface area is 166 Å². The first-order valence-corrected chi connectivity index (χ1v) is 9.72. The van der Waals surface area contributed by atoms with Gasteiger partial charge in [0, 0.05) is 17.5 Å². The fourth-order valence-electron chi connectivity index (χ4n) is 3.35. The molecule has 1 atom stereocenters. The standard InChI is InChI=1S/C18H28N4S.HI/c1-2-19-18(21-15-8-3-4-9-15)20-14-16(17-10-7-13-23-17)22-11-5-6-12-22;/h3-4,7,10,13,15-16H,2,5-6,8-9,11-12,14H2,1H3,(H2,19,20,21);1H. The van der Waals surface area contributed by atoms with Crippen LogP contribution in [0.2, 0.25) is 0 Å². The number of aliphatic imine (C=N–C) groups is 1. The van der Waals surface area contributed by atoms with E-state index < -0.39 is 0 Å². The number of nitrogens with zero attached hydrogens (tertiary/aromatic N) is 2. The molecule has 0 amide bonds. The highest BCUT2D eigenvalue weighted by molar-refractivity contribution is 14.0. The molecule has 0 bridgehead atoms. The third-order valence-corrected chi connectivity index (χ3v) is 5.54. The molecular formula is C18H29IN4S. The maximum atomic E-state index is 4.91. The minimum absolute atomic E-state index is 0. The highest BCUT2D eigenvalue weighted by Crippen LogP contribution is 2.28. The lowest BCUT2D eigenvalue weighted by molar-refractivity contribution is 0.255. The third-order valence-electron chi connectivity index (χ3n) is 4.57. The lowest BCUT2D eigenvalue weighted by atomic mass is 10.2. The van der Waals surface area contributed by atoms with E-state index in [0.717, 1.165) is 31.9 Å². The molecule has 2 N–H and O–H groups in total. The van der Waals surface area contributed by atoms with Crippen LogP contribution in [0.4, 0.5) is 0 Å². The van der Waals surface area contributed by atoms with Gasteiger partial charge in [0.05, 0.1) is 12.6 Å². The van der Waals surface area contributed by atoms with Gasteiger partial charge in [-0.15, -0.1) is 35.3 Å². The van der Waals surface area contributed by atoms with Gasteiger partial charge in [0.1, 0.15) is 0 Å². The molecule has 1 aromatic heterocycles. The Morgan fingerprint density at radius 3 is 2.71 bits per heavy atom. The van der Waals surface area contributed by atoms with Gasteiger partial charge < -0.3 is 10.6 Å². The Morgan fingerprint density at radius 2 is 2.08 bits per heavy atom.